The van der Waals surface area contributed by atoms with E-state index in [9.17, 15) is 9.59 Å². The van der Waals surface area contributed by atoms with E-state index in [1.165, 1.54) is 6.42 Å². The lowest BCUT2D eigenvalue weighted by molar-refractivity contribution is 0.0926. The second-order valence-corrected chi connectivity index (χ2v) is 6.78. The molecular formula is C18H22N4O2. The van der Waals surface area contributed by atoms with Crippen molar-refractivity contribution in [1.82, 2.24) is 19.9 Å². The van der Waals surface area contributed by atoms with Crippen LogP contribution in [-0.4, -0.2) is 26.5 Å². The predicted octanol–water partition coefficient (Wildman–Crippen LogP) is 1.59. The number of aromatic nitrogens is 3. The molecule has 0 aromatic carbocycles. The maximum absolute atomic E-state index is 12.6. The van der Waals surface area contributed by atoms with Crippen molar-refractivity contribution < 1.29 is 4.79 Å². The van der Waals surface area contributed by atoms with Crippen LogP contribution < -0.4 is 10.9 Å². The molecule has 2 N–H and O–H groups in total. The lowest BCUT2D eigenvalue weighted by Gasteiger charge is -2.24. The van der Waals surface area contributed by atoms with Crippen LogP contribution in [0.25, 0.3) is 0 Å². The van der Waals surface area contributed by atoms with Crippen LogP contribution in [-0.2, 0) is 25.8 Å². The fourth-order valence-corrected chi connectivity index (χ4v) is 3.77. The van der Waals surface area contributed by atoms with E-state index in [1.807, 2.05) is 6.20 Å². The zero-order valence-electron chi connectivity index (χ0n) is 13.7. The summed E-state index contributed by atoms with van der Waals surface area (Å²) < 4.78 is 2.07. The Morgan fingerprint density at radius 1 is 1.25 bits per heavy atom. The molecule has 0 radical (unpaired) electrons. The van der Waals surface area contributed by atoms with Crippen LogP contribution in [0.5, 0.6) is 0 Å². The fraction of sp³-hybridized carbons (Fsp3) is 0.500. The molecule has 0 saturated heterocycles. The summed E-state index contributed by atoms with van der Waals surface area (Å²) in [6, 6.07) is 1.85. The van der Waals surface area contributed by atoms with Gasteiger partial charge in [-0.05, 0) is 43.7 Å². The molecule has 1 unspecified atom stereocenters. The number of hydrogen-bond donors (Lipinski definition) is 2. The third-order valence-electron chi connectivity index (χ3n) is 5.10. The highest BCUT2D eigenvalue weighted by molar-refractivity contribution is 5.94. The molecule has 0 fully saturated rings. The number of nitrogens with zero attached hydrogens (tertiary/aromatic N) is 2. The van der Waals surface area contributed by atoms with Gasteiger partial charge in [0.2, 0.25) is 0 Å². The number of nitrogens with one attached hydrogen (secondary N) is 2. The van der Waals surface area contributed by atoms with Gasteiger partial charge < -0.3 is 14.9 Å². The number of imidazole rings is 1. The Hall–Kier alpha value is -2.37. The lowest BCUT2D eigenvalue weighted by atomic mass is 10.0. The molecule has 2 aliphatic rings. The number of carbonyl (C=O) groups is 1. The van der Waals surface area contributed by atoms with E-state index in [0.717, 1.165) is 55.6 Å². The topological polar surface area (TPSA) is 79.8 Å². The van der Waals surface area contributed by atoms with Gasteiger partial charge in [-0.25, -0.2) is 4.98 Å². The van der Waals surface area contributed by atoms with Crippen molar-refractivity contribution >= 4 is 5.91 Å². The molecule has 4 rings (SSSR count). The highest BCUT2D eigenvalue weighted by Gasteiger charge is 2.23. The molecule has 1 atom stereocenters. The van der Waals surface area contributed by atoms with Crippen molar-refractivity contribution in [3.8, 4) is 0 Å². The van der Waals surface area contributed by atoms with E-state index in [1.54, 1.807) is 12.3 Å². The van der Waals surface area contributed by atoms with Crippen LogP contribution in [0.1, 0.15) is 53.1 Å². The number of fused-ring (bicyclic) bond motifs is 2. The molecule has 6 heteroatoms. The third kappa shape index (κ3) is 2.88. The minimum absolute atomic E-state index is 0.0393. The Morgan fingerprint density at radius 2 is 2.12 bits per heavy atom. The second kappa shape index (κ2) is 6.26. The van der Waals surface area contributed by atoms with Gasteiger partial charge >= 0.3 is 0 Å². The first kappa shape index (κ1) is 15.2. The first-order valence-electron chi connectivity index (χ1n) is 8.76. The second-order valence-electron chi connectivity index (χ2n) is 6.78. The molecule has 2 aromatic heterocycles. The fourth-order valence-electron chi connectivity index (χ4n) is 3.77. The average Bonchev–Trinajstić information content (AvgIpc) is 2.91. The van der Waals surface area contributed by atoms with Gasteiger partial charge in [0.25, 0.3) is 11.5 Å². The Labute approximate surface area is 140 Å². The molecule has 6 nitrogen and oxygen atoms in total. The maximum atomic E-state index is 12.6. The number of amides is 1. The Kier molecular flexibility index (Phi) is 3.96. The summed E-state index contributed by atoms with van der Waals surface area (Å²) in [6.07, 6.45) is 10.7. The van der Waals surface area contributed by atoms with Gasteiger partial charge in [0.15, 0.2) is 0 Å². The largest absolute Gasteiger partial charge is 0.347 e. The van der Waals surface area contributed by atoms with Crippen LogP contribution in [0.2, 0.25) is 0 Å². The number of H-pyrrole nitrogens is 1. The van der Waals surface area contributed by atoms with E-state index in [-0.39, 0.29) is 23.1 Å². The van der Waals surface area contributed by atoms with Crippen molar-refractivity contribution in [2.75, 3.05) is 0 Å². The summed E-state index contributed by atoms with van der Waals surface area (Å²) in [6.45, 7) is 0.712. The molecular weight excluding hydrogens is 304 g/mol. The monoisotopic (exact) mass is 326 g/mol. The van der Waals surface area contributed by atoms with Gasteiger partial charge in [-0.15, -0.1) is 0 Å². The minimum Gasteiger partial charge on any atom is -0.347 e. The summed E-state index contributed by atoms with van der Waals surface area (Å²) >= 11 is 0. The highest BCUT2D eigenvalue weighted by atomic mass is 16.2. The van der Waals surface area contributed by atoms with Crippen LogP contribution in [0.4, 0.5) is 0 Å². The highest BCUT2D eigenvalue weighted by Crippen LogP contribution is 2.19. The smallest absolute Gasteiger partial charge is 0.261 e. The summed E-state index contributed by atoms with van der Waals surface area (Å²) in [5, 5.41) is 3.02. The van der Waals surface area contributed by atoms with E-state index >= 15 is 0 Å². The Bertz CT molecular complexity index is 821. The zero-order chi connectivity index (χ0) is 16.5. The van der Waals surface area contributed by atoms with E-state index in [2.05, 4.69) is 19.9 Å². The SMILES string of the molecule is O=C(NC1CCc2nccn2C1)c1cc2c([nH]c1=O)CCCCC2. The zero-order valence-corrected chi connectivity index (χ0v) is 13.7. The quantitative estimate of drug-likeness (QED) is 0.823. The maximum Gasteiger partial charge on any atom is 0.261 e. The van der Waals surface area contributed by atoms with E-state index in [4.69, 9.17) is 0 Å². The normalized spacial score (nSPS) is 19.9. The predicted molar refractivity (Wildman–Crippen MR) is 90.1 cm³/mol. The first-order chi connectivity index (χ1) is 11.7. The van der Waals surface area contributed by atoms with Crippen molar-refractivity contribution in [2.45, 2.75) is 57.5 Å². The molecule has 1 amide bonds. The van der Waals surface area contributed by atoms with Gasteiger partial charge in [0.1, 0.15) is 11.4 Å². The van der Waals surface area contributed by atoms with Crippen molar-refractivity contribution in [3.05, 3.63) is 51.5 Å². The molecule has 0 saturated carbocycles. The molecule has 0 bridgehead atoms. The molecule has 24 heavy (non-hydrogen) atoms. The van der Waals surface area contributed by atoms with Crippen molar-refractivity contribution in [3.63, 3.8) is 0 Å². The standard InChI is InChI=1S/C18H22N4O2/c23-17(20-13-6-7-16-19-8-9-22(16)11-13)14-10-12-4-2-1-3-5-15(12)21-18(14)24/h8-10,13H,1-7,11H2,(H,20,23)(H,21,24). The van der Waals surface area contributed by atoms with Gasteiger partial charge in [-0.2, -0.15) is 0 Å². The summed E-state index contributed by atoms with van der Waals surface area (Å²) in [5.41, 5.74) is 2.10. The molecule has 2 aromatic rings. The molecule has 1 aliphatic heterocycles. The van der Waals surface area contributed by atoms with Gasteiger partial charge in [0, 0.05) is 37.1 Å². The van der Waals surface area contributed by atoms with E-state index < -0.39 is 0 Å². The average molecular weight is 326 g/mol. The Balaban J connectivity index is 1.52. The summed E-state index contributed by atoms with van der Waals surface area (Å²) in [4.78, 5) is 32.1. The lowest BCUT2D eigenvalue weighted by Crippen LogP contribution is -2.42. The molecule has 1 aliphatic carbocycles. The summed E-state index contributed by atoms with van der Waals surface area (Å²) in [5.74, 6) is 0.792. The van der Waals surface area contributed by atoms with Crippen molar-refractivity contribution in [1.29, 1.82) is 0 Å². The molecule has 0 spiro atoms. The number of rotatable bonds is 2. The van der Waals surface area contributed by atoms with Gasteiger partial charge in [-0.3, -0.25) is 9.59 Å². The summed E-state index contributed by atoms with van der Waals surface area (Å²) in [7, 11) is 0. The number of hydrogen-bond acceptors (Lipinski definition) is 3. The van der Waals surface area contributed by atoms with Crippen LogP contribution in [0, 0.1) is 0 Å². The van der Waals surface area contributed by atoms with Crippen molar-refractivity contribution in [2.24, 2.45) is 0 Å². The molecule has 126 valence electrons. The van der Waals surface area contributed by atoms with Gasteiger partial charge in [0.05, 0.1) is 0 Å². The Morgan fingerprint density at radius 3 is 3.04 bits per heavy atom. The van der Waals surface area contributed by atoms with E-state index in [0.29, 0.717) is 6.54 Å². The third-order valence-corrected chi connectivity index (χ3v) is 5.10. The minimum atomic E-state index is -0.271. The number of pyridine rings is 1. The number of carbonyl (C=O) groups excluding carboxylic acids is 1. The molecule has 3 heterocycles. The number of aryl methyl sites for hydroxylation is 3. The van der Waals surface area contributed by atoms with Crippen LogP contribution in [0.15, 0.2) is 23.3 Å². The van der Waals surface area contributed by atoms with Crippen LogP contribution in [0.3, 0.4) is 0 Å². The first-order valence-corrected chi connectivity index (χ1v) is 8.76. The van der Waals surface area contributed by atoms with Crippen LogP contribution >= 0.6 is 0 Å². The number of aromatic amines is 1. The van der Waals surface area contributed by atoms with Gasteiger partial charge in [-0.1, -0.05) is 6.42 Å².